The lowest BCUT2D eigenvalue weighted by Gasteiger charge is -2.07. The number of hydrogen-bond donors (Lipinski definition) is 0. The normalized spacial score (nSPS) is 11.1. The topological polar surface area (TPSA) is 52.6 Å². The van der Waals surface area contributed by atoms with Gasteiger partial charge in [0, 0.05) is 12.8 Å². The Morgan fingerprint density at radius 1 is 0.351 bits per heavy atom. The van der Waals surface area contributed by atoms with E-state index in [9.17, 15) is 9.59 Å². The first-order chi connectivity index (χ1) is 18.2. The molecular weight excluding hydrogens is 460 g/mol. The number of rotatable bonds is 30. The largest absolute Gasteiger partial charge is 0.466 e. The molecule has 0 amide bonds. The Bertz CT molecular complexity index is 435. The quantitative estimate of drug-likeness (QED) is 0.0692. The first kappa shape index (κ1) is 35.9. The highest BCUT2D eigenvalue weighted by molar-refractivity contribution is 5.69. The van der Waals surface area contributed by atoms with Gasteiger partial charge in [-0.15, -0.1) is 0 Å². The third kappa shape index (κ3) is 31.1. The summed E-state index contributed by atoms with van der Waals surface area (Å²) in [6.07, 6.45) is 32.1. The molecule has 0 rings (SSSR count). The number of carbonyl (C=O) groups excluding carboxylic acids is 2. The van der Waals surface area contributed by atoms with Gasteiger partial charge in [-0.2, -0.15) is 0 Å². The van der Waals surface area contributed by atoms with Gasteiger partial charge in [-0.05, 0) is 32.1 Å². The summed E-state index contributed by atoms with van der Waals surface area (Å²) in [6, 6.07) is 0. The zero-order chi connectivity index (χ0) is 27.1. The van der Waals surface area contributed by atoms with Crippen molar-refractivity contribution in [1.82, 2.24) is 0 Å². The van der Waals surface area contributed by atoms with Crippen molar-refractivity contribution in [3.8, 4) is 0 Å². The average molecular weight is 525 g/mol. The van der Waals surface area contributed by atoms with Crippen molar-refractivity contribution in [1.29, 1.82) is 0 Å². The Morgan fingerprint density at radius 2 is 0.595 bits per heavy atom. The van der Waals surface area contributed by atoms with Crippen LogP contribution in [0.15, 0.2) is 0 Å². The van der Waals surface area contributed by atoms with Gasteiger partial charge in [0.2, 0.25) is 0 Å². The standard InChI is InChI=1S/C33H64O4/c1-3-5-7-9-11-13-15-17-19-21-24-28-32(34)36-30-26-23-27-31-37-33(35)29-25-22-20-18-16-14-12-10-8-6-4-2/h3-31H2,1-2H3. The van der Waals surface area contributed by atoms with E-state index in [-0.39, 0.29) is 11.9 Å². The van der Waals surface area contributed by atoms with Crippen LogP contribution in [-0.4, -0.2) is 25.2 Å². The van der Waals surface area contributed by atoms with Gasteiger partial charge in [-0.3, -0.25) is 9.59 Å². The number of unbranched alkanes of at least 4 members (excludes halogenated alkanes) is 22. The van der Waals surface area contributed by atoms with Crippen LogP contribution in [0.5, 0.6) is 0 Å². The molecule has 220 valence electrons. The van der Waals surface area contributed by atoms with Crippen molar-refractivity contribution in [3.05, 3.63) is 0 Å². The molecule has 0 aromatic heterocycles. The van der Waals surface area contributed by atoms with E-state index in [1.165, 1.54) is 116 Å². The van der Waals surface area contributed by atoms with E-state index in [2.05, 4.69) is 13.8 Å². The Morgan fingerprint density at radius 3 is 0.892 bits per heavy atom. The molecule has 4 heteroatoms. The fraction of sp³-hybridized carbons (Fsp3) is 0.939. The molecular formula is C33H64O4. The van der Waals surface area contributed by atoms with E-state index in [1.807, 2.05) is 0 Å². The van der Waals surface area contributed by atoms with Crippen molar-refractivity contribution in [2.45, 2.75) is 187 Å². The predicted octanol–water partition coefficient (Wildman–Crippen LogP) is 10.6. The highest BCUT2D eigenvalue weighted by atomic mass is 16.5. The fourth-order valence-corrected chi connectivity index (χ4v) is 4.76. The predicted molar refractivity (Wildman–Crippen MR) is 158 cm³/mol. The molecule has 0 aromatic carbocycles. The summed E-state index contributed by atoms with van der Waals surface area (Å²) in [5, 5.41) is 0. The Balaban J connectivity index is 3.26. The molecule has 0 aliphatic carbocycles. The molecule has 0 radical (unpaired) electrons. The van der Waals surface area contributed by atoms with Gasteiger partial charge in [-0.1, -0.05) is 142 Å². The van der Waals surface area contributed by atoms with Gasteiger partial charge in [-0.25, -0.2) is 0 Å². The number of esters is 2. The van der Waals surface area contributed by atoms with Gasteiger partial charge in [0.1, 0.15) is 0 Å². The van der Waals surface area contributed by atoms with Crippen LogP contribution in [0.2, 0.25) is 0 Å². The number of carbonyl (C=O) groups is 2. The van der Waals surface area contributed by atoms with Gasteiger partial charge in [0.15, 0.2) is 0 Å². The van der Waals surface area contributed by atoms with E-state index in [0.29, 0.717) is 26.1 Å². The highest BCUT2D eigenvalue weighted by Crippen LogP contribution is 2.13. The first-order valence-corrected chi connectivity index (χ1v) is 16.5. The Hall–Kier alpha value is -1.06. The molecule has 4 nitrogen and oxygen atoms in total. The summed E-state index contributed by atoms with van der Waals surface area (Å²) in [6.45, 7) is 5.50. The van der Waals surface area contributed by atoms with Crippen molar-refractivity contribution >= 4 is 11.9 Å². The zero-order valence-corrected chi connectivity index (χ0v) is 25.1. The summed E-state index contributed by atoms with van der Waals surface area (Å²) in [7, 11) is 0. The fourth-order valence-electron chi connectivity index (χ4n) is 4.76. The average Bonchev–Trinajstić information content (AvgIpc) is 2.89. The molecule has 0 spiro atoms. The molecule has 0 saturated heterocycles. The lowest BCUT2D eigenvalue weighted by molar-refractivity contribution is -0.144. The summed E-state index contributed by atoms with van der Waals surface area (Å²) < 4.78 is 10.7. The molecule has 0 N–H and O–H groups in total. The van der Waals surface area contributed by atoms with Crippen molar-refractivity contribution in [2.24, 2.45) is 0 Å². The second-order valence-electron chi connectivity index (χ2n) is 11.1. The second-order valence-corrected chi connectivity index (χ2v) is 11.1. The SMILES string of the molecule is CCCCCCCCCCCCCC(=O)OCCCCCOC(=O)CCCCCCCCCCCCC. The Kier molecular flexibility index (Phi) is 30.3. The van der Waals surface area contributed by atoms with Crippen molar-refractivity contribution in [3.63, 3.8) is 0 Å². The third-order valence-corrected chi connectivity index (χ3v) is 7.28. The zero-order valence-electron chi connectivity index (χ0n) is 25.1. The van der Waals surface area contributed by atoms with Crippen LogP contribution in [-0.2, 0) is 19.1 Å². The van der Waals surface area contributed by atoms with E-state index in [1.54, 1.807) is 0 Å². The smallest absolute Gasteiger partial charge is 0.305 e. The van der Waals surface area contributed by atoms with Crippen LogP contribution < -0.4 is 0 Å². The molecule has 0 unspecified atom stereocenters. The van der Waals surface area contributed by atoms with Crippen LogP contribution >= 0.6 is 0 Å². The monoisotopic (exact) mass is 524 g/mol. The van der Waals surface area contributed by atoms with Crippen LogP contribution in [0.25, 0.3) is 0 Å². The van der Waals surface area contributed by atoms with Gasteiger partial charge >= 0.3 is 11.9 Å². The molecule has 0 aliphatic rings. The van der Waals surface area contributed by atoms with Crippen molar-refractivity contribution < 1.29 is 19.1 Å². The highest BCUT2D eigenvalue weighted by Gasteiger charge is 2.04. The maximum absolute atomic E-state index is 11.8. The molecule has 0 fully saturated rings. The lowest BCUT2D eigenvalue weighted by atomic mass is 10.1. The third-order valence-electron chi connectivity index (χ3n) is 7.28. The first-order valence-electron chi connectivity index (χ1n) is 16.5. The van der Waals surface area contributed by atoms with Crippen LogP contribution in [0.3, 0.4) is 0 Å². The molecule has 0 heterocycles. The summed E-state index contributed by atoms with van der Waals surface area (Å²) in [5.74, 6) is -0.122. The number of hydrogen-bond acceptors (Lipinski definition) is 4. The maximum Gasteiger partial charge on any atom is 0.305 e. The van der Waals surface area contributed by atoms with E-state index in [0.717, 1.165) is 44.9 Å². The van der Waals surface area contributed by atoms with E-state index >= 15 is 0 Å². The van der Waals surface area contributed by atoms with Crippen LogP contribution in [0.1, 0.15) is 187 Å². The Labute approximate surface area is 231 Å². The summed E-state index contributed by atoms with van der Waals surface area (Å²) in [4.78, 5) is 23.7. The second kappa shape index (κ2) is 31.2. The molecule has 0 atom stereocenters. The van der Waals surface area contributed by atoms with Crippen LogP contribution in [0, 0.1) is 0 Å². The maximum atomic E-state index is 11.8. The summed E-state index contributed by atoms with van der Waals surface area (Å²) in [5.41, 5.74) is 0. The van der Waals surface area contributed by atoms with Crippen LogP contribution in [0.4, 0.5) is 0 Å². The minimum atomic E-state index is -0.0608. The lowest BCUT2D eigenvalue weighted by Crippen LogP contribution is -2.07. The van der Waals surface area contributed by atoms with Gasteiger partial charge < -0.3 is 9.47 Å². The minimum Gasteiger partial charge on any atom is -0.466 e. The van der Waals surface area contributed by atoms with E-state index < -0.39 is 0 Å². The van der Waals surface area contributed by atoms with Gasteiger partial charge in [0.05, 0.1) is 13.2 Å². The molecule has 0 bridgehead atoms. The molecule has 37 heavy (non-hydrogen) atoms. The van der Waals surface area contributed by atoms with E-state index in [4.69, 9.17) is 9.47 Å². The molecule has 0 saturated carbocycles. The van der Waals surface area contributed by atoms with Crippen molar-refractivity contribution in [2.75, 3.05) is 13.2 Å². The minimum absolute atomic E-state index is 0.0608. The number of ether oxygens (including phenoxy) is 2. The molecule has 0 aliphatic heterocycles. The van der Waals surface area contributed by atoms with Gasteiger partial charge in [0.25, 0.3) is 0 Å². The summed E-state index contributed by atoms with van der Waals surface area (Å²) >= 11 is 0. The molecule has 0 aromatic rings.